The Bertz CT molecular complexity index is 788. The van der Waals surface area contributed by atoms with Crippen LogP contribution < -0.4 is 0 Å². The first-order valence-electron chi connectivity index (χ1n) is 7.53. The Morgan fingerprint density at radius 3 is 2.68 bits per heavy atom. The Morgan fingerprint density at radius 1 is 1.14 bits per heavy atom. The molecule has 0 aliphatic rings. The minimum absolute atomic E-state index is 0.729. The van der Waals surface area contributed by atoms with Crippen molar-refractivity contribution in [3.8, 4) is 0 Å². The molecule has 0 aliphatic carbocycles. The van der Waals surface area contributed by atoms with Crippen LogP contribution in [0.25, 0.3) is 11.0 Å². The van der Waals surface area contributed by atoms with Crippen LogP contribution >= 0.6 is 11.6 Å². The van der Waals surface area contributed by atoms with Crippen LogP contribution in [0.15, 0.2) is 53.5 Å². The molecular formula is C18H18ClN3. The molecule has 0 amide bonds. The minimum atomic E-state index is 0.729. The van der Waals surface area contributed by atoms with Crippen LogP contribution in [0, 0.1) is 0 Å². The number of para-hydroxylation sites is 2. The summed E-state index contributed by atoms with van der Waals surface area (Å²) < 4.78 is 2.19. The Balaban J connectivity index is 1.96. The molecule has 3 nitrogen and oxygen atoms in total. The zero-order chi connectivity index (χ0) is 15.4. The first-order valence-corrected chi connectivity index (χ1v) is 7.90. The second-order valence-corrected chi connectivity index (χ2v) is 5.65. The van der Waals surface area contributed by atoms with Crippen molar-refractivity contribution in [3.05, 3.63) is 59.1 Å². The van der Waals surface area contributed by atoms with Crippen molar-refractivity contribution in [1.82, 2.24) is 9.55 Å². The molecule has 0 aliphatic heterocycles. The number of aromatic nitrogens is 2. The van der Waals surface area contributed by atoms with E-state index < -0.39 is 0 Å². The lowest BCUT2D eigenvalue weighted by atomic mass is 10.2. The monoisotopic (exact) mass is 311 g/mol. The summed E-state index contributed by atoms with van der Waals surface area (Å²) in [5.41, 5.74) is 3.14. The fraction of sp³-hybridized carbons (Fsp3) is 0.222. The first-order chi connectivity index (χ1) is 10.8. The van der Waals surface area contributed by atoms with Crippen molar-refractivity contribution >= 4 is 34.8 Å². The quantitative estimate of drug-likeness (QED) is 0.593. The van der Waals surface area contributed by atoms with Crippen LogP contribution in [0.2, 0.25) is 5.02 Å². The van der Waals surface area contributed by atoms with E-state index in [9.17, 15) is 0 Å². The zero-order valence-electron chi connectivity index (χ0n) is 12.5. The lowest BCUT2D eigenvalue weighted by Crippen LogP contribution is -1.97. The molecular weight excluding hydrogens is 294 g/mol. The summed E-state index contributed by atoms with van der Waals surface area (Å²) in [4.78, 5) is 9.22. The van der Waals surface area contributed by atoms with Crippen LogP contribution in [0.1, 0.15) is 25.3 Å². The number of hydrogen-bond donors (Lipinski definition) is 0. The van der Waals surface area contributed by atoms with Gasteiger partial charge >= 0.3 is 0 Å². The fourth-order valence-electron chi connectivity index (χ4n) is 2.38. The molecule has 22 heavy (non-hydrogen) atoms. The average Bonchev–Trinajstić information content (AvgIpc) is 2.90. The third kappa shape index (κ3) is 3.20. The van der Waals surface area contributed by atoms with Gasteiger partial charge in [-0.1, -0.05) is 49.2 Å². The number of halogens is 1. The summed E-state index contributed by atoms with van der Waals surface area (Å²) >= 11 is 5.90. The third-order valence-electron chi connectivity index (χ3n) is 3.57. The number of benzene rings is 2. The lowest BCUT2D eigenvalue weighted by Gasteiger charge is -2.05. The molecule has 0 saturated carbocycles. The second-order valence-electron chi connectivity index (χ2n) is 5.22. The molecule has 0 atom stereocenters. The van der Waals surface area contributed by atoms with Gasteiger partial charge in [0, 0.05) is 17.8 Å². The Hall–Kier alpha value is -2.13. The van der Waals surface area contributed by atoms with E-state index in [1.807, 2.05) is 48.7 Å². The molecule has 2 aromatic carbocycles. The Labute approximate surface area is 135 Å². The summed E-state index contributed by atoms with van der Waals surface area (Å²) in [5.74, 6) is 0.754. The maximum Gasteiger partial charge on any atom is 0.230 e. The maximum atomic E-state index is 5.90. The van der Waals surface area contributed by atoms with Crippen LogP contribution in [0.3, 0.4) is 0 Å². The van der Waals surface area contributed by atoms with E-state index in [1.165, 1.54) is 0 Å². The minimum Gasteiger partial charge on any atom is -0.308 e. The number of imidazole rings is 1. The summed E-state index contributed by atoms with van der Waals surface area (Å²) in [6, 6.07) is 15.8. The Kier molecular flexibility index (Phi) is 4.54. The van der Waals surface area contributed by atoms with Crippen molar-refractivity contribution in [1.29, 1.82) is 0 Å². The third-order valence-corrected chi connectivity index (χ3v) is 3.82. The molecule has 112 valence electrons. The maximum absolute atomic E-state index is 5.90. The summed E-state index contributed by atoms with van der Waals surface area (Å²) in [6.07, 6.45) is 4.09. The molecule has 0 radical (unpaired) electrons. The molecule has 0 bridgehead atoms. The van der Waals surface area contributed by atoms with Gasteiger partial charge in [0.15, 0.2) is 0 Å². The van der Waals surface area contributed by atoms with Crippen molar-refractivity contribution < 1.29 is 0 Å². The molecule has 3 aromatic rings. The average molecular weight is 312 g/mol. The summed E-state index contributed by atoms with van der Waals surface area (Å²) in [6.45, 7) is 3.13. The van der Waals surface area contributed by atoms with E-state index in [0.717, 1.165) is 47.0 Å². The normalized spacial score (nSPS) is 11.5. The van der Waals surface area contributed by atoms with E-state index in [1.54, 1.807) is 0 Å². The molecule has 0 spiro atoms. The van der Waals surface area contributed by atoms with E-state index in [2.05, 4.69) is 27.5 Å². The van der Waals surface area contributed by atoms with Crippen molar-refractivity contribution in [2.75, 3.05) is 0 Å². The number of fused-ring (bicyclic) bond motifs is 1. The van der Waals surface area contributed by atoms with Crippen LogP contribution in [-0.2, 0) is 6.54 Å². The van der Waals surface area contributed by atoms with E-state index in [4.69, 9.17) is 11.6 Å². The number of nitrogens with zero attached hydrogens (tertiary/aromatic N) is 3. The summed E-state index contributed by atoms with van der Waals surface area (Å²) in [7, 11) is 0. The number of rotatable bonds is 5. The smallest absolute Gasteiger partial charge is 0.230 e. The van der Waals surface area contributed by atoms with Crippen LogP contribution in [0.5, 0.6) is 0 Å². The highest BCUT2D eigenvalue weighted by Crippen LogP contribution is 2.22. The van der Waals surface area contributed by atoms with E-state index in [-0.39, 0.29) is 0 Å². The lowest BCUT2D eigenvalue weighted by molar-refractivity contribution is 0.649. The Morgan fingerprint density at radius 2 is 1.91 bits per heavy atom. The van der Waals surface area contributed by atoms with Crippen molar-refractivity contribution in [2.45, 2.75) is 26.3 Å². The predicted molar refractivity (Wildman–Crippen MR) is 93.3 cm³/mol. The molecule has 1 heterocycles. The molecule has 4 heteroatoms. The molecule has 0 unspecified atom stereocenters. The standard InChI is InChI=1S/C18H18ClN3/c1-2-3-12-22-17-7-5-4-6-16(17)21-18(22)20-13-14-8-10-15(19)11-9-14/h4-11,13H,2-3,12H2,1H3/b20-13+. The highest BCUT2D eigenvalue weighted by atomic mass is 35.5. The van der Waals surface area contributed by atoms with Crippen LogP contribution in [0.4, 0.5) is 5.95 Å². The largest absolute Gasteiger partial charge is 0.308 e. The van der Waals surface area contributed by atoms with Crippen LogP contribution in [-0.4, -0.2) is 15.8 Å². The van der Waals surface area contributed by atoms with Crippen molar-refractivity contribution in [3.63, 3.8) is 0 Å². The molecule has 3 rings (SSSR count). The summed E-state index contributed by atoms with van der Waals surface area (Å²) in [5, 5.41) is 0.729. The molecule has 0 N–H and O–H groups in total. The van der Waals surface area contributed by atoms with Gasteiger partial charge < -0.3 is 4.57 Å². The zero-order valence-corrected chi connectivity index (χ0v) is 13.3. The van der Waals surface area contributed by atoms with E-state index in [0.29, 0.717) is 0 Å². The first kappa shape index (κ1) is 14.8. The van der Waals surface area contributed by atoms with Gasteiger partial charge in [-0.25, -0.2) is 9.98 Å². The fourth-order valence-corrected chi connectivity index (χ4v) is 2.51. The van der Waals surface area contributed by atoms with Crippen molar-refractivity contribution in [2.24, 2.45) is 4.99 Å². The van der Waals surface area contributed by atoms with Gasteiger partial charge in [-0.3, -0.25) is 0 Å². The number of hydrogen-bond acceptors (Lipinski definition) is 2. The van der Waals surface area contributed by atoms with Gasteiger partial charge in [-0.05, 0) is 36.2 Å². The molecule has 1 aromatic heterocycles. The number of aryl methyl sites for hydroxylation is 1. The number of aliphatic imine (C=N–C) groups is 1. The number of unbranched alkanes of at least 4 members (excludes halogenated alkanes) is 1. The van der Waals surface area contributed by atoms with Gasteiger partial charge in [0.25, 0.3) is 0 Å². The highest BCUT2D eigenvalue weighted by molar-refractivity contribution is 6.30. The van der Waals surface area contributed by atoms with Gasteiger partial charge in [0.2, 0.25) is 5.95 Å². The predicted octanol–water partition coefficient (Wildman–Crippen LogP) is 5.24. The SMILES string of the molecule is CCCCn1c(/N=C/c2ccc(Cl)cc2)nc2ccccc21. The van der Waals surface area contributed by atoms with Gasteiger partial charge in [-0.15, -0.1) is 0 Å². The molecule has 0 fully saturated rings. The van der Waals surface area contributed by atoms with E-state index >= 15 is 0 Å². The molecule has 0 saturated heterocycles. The topological polar surface area (TPSA) is 30.2 Å². The second kappa shape index (κ2) is 6.75. The van der Waals surface area contributed by atoms with Gasteiger partial charge in [-0.2, -0.15) is 0 Å². The van der Waals surface area contributed by atoms with Gasteiger partial charge in [0.05, 0.1) is 11.0 Å². The highest BCUT2D eigenvalue weighted by Gasteiger charge is 2.08. The van der Waals surface area contributed by atoms with Gasteiger partial charge in [0.1, 0.15) is 0 Å².